The van der Waals surface area contributed by atoms with Crippen LogP contribution in [0.3, 0.4) is 0 Å². The molecule has 19 heavy (non-hydrogen) atoms. The lowest BCUT2D eigenvalue weighted by Gasteiger charge is -2.04. The van der Waals surface area contributed by atoms with Gasteiger partial charge in [-0.1, -0.05) is 24.3 Å². The molecule has 1 fully saturated rings. The molecule has 0 bridgehead atoms. The summed E-state index contributed by atoms with van der Waals surface area (Å²) in [5.74, 6) is 0.455. The molecule has 0 unspecified atom stereocenters. The summed E-state index contributed by atoms with van der Waals surface area (Å²) < 4.78 is 4.67. The Balaban J connectivity index is 1.88. The first-order valence-corrected chi connectivity index (χ1v) is 7.26. The normalized spacial score (nSPS) is 14.4. The molecule has 0 radical (unpaired) electrons. The molecule has 1 aromatic heterocycles. The fourth-order valence-electron chi connectivity index (χ4n) is 2.17. The van der Waals surface area contributed by atoms with Crippen molar-refractivity contribution in [1.29, 1.82) is 0 Å². The third kappa shape index (κ3) is 2.68. The number of thiazole rings is 1. The highest BCUT2D eigenvalue weighted by Crippen LogP contribution is 2.44. The predicted molar refractivity (Wildman–Crippen MR) is 75.2 cm³/mol. The molecular weight excluding hydrogens is 258 g/mol. The van der Waals surface area contributed by atoms with Gasteiger partial charge in [-0.3, -0.25) is 4.79 Å². The quantitative estimate of drug-likeness (QED) is 0.801. The Kier molecular flexibility index (Phi) is 3.34. The molecule has 4 heteroatoms. The van der Waals surface area contributed by atoms with Gasteiger partial charge in [0.15, 0.2) is 0 Å². The van der Waals surface area contributed by atoms with Gasteiger partial charge >= 0.3 is 5.97 Å². The number of hydrogen-bond donors (Lipinski definition) is 0. The van der Waals surface area contributed by atoms with Crippen LogP contribution in [0.25, 0.3) is 10.6 Å². The Morgan fingerprint density at radius 3 is 2.95 bits per heavy atom. The molecule has 0 saturated heterocycles. The van der Waals surface area contributed by atoms with Crippen LogP contribution in [0.1, 0.15) is 30.0 Å². The smallest absolute Gasteiger partial charge is 0.311 e. The molecule has 3 nitrogen and oxygen atoms in total. The number of methoxy groups -OCH3 is 1. The van der Waals surface area contributed by atoms with Gasteiger partial charge in [0, 0.05) is 10.9 Å². The molecule has 2 aromatic rings. The van der Waals surface area contributed by atoms with Crippen molar-refractivity contribution < 1.29 is 9.53 Å². The third-order valence-electron chi connectivity index (χ3n) is 3.31. The van der Waals surface area contributed by atoms with Gasteiger partial charge in [-0.15, -0.1) is 11.3 Å². The van der Waals surface area contributed by atoms with Crippen LogP contribution in [0.4, 0.5) is 0 Å². The maximum atomic E-state index is 11.3. The number of carbonyl (C=O) groups excluding carboxylic acids is 1. The molecular formula is C15H15NO2S. The number of aromatic nitrogens is 1. The number of nitrogens with zero attached hydrogens (tertiary/aromatic N) is 1. The first kappa shape index (κ1) is 12.4. The minimum Gasteiger partial charge on any atom is -0.469 e. The minimum absolute atomic E-state index is 0.243. The van der Waals surface area contributed by atoms with Gasteiger partial charge in [0.05, 0.1) is 19.2 Å². The zero-order chi connectivity index (χ0) is 13.2. The monoisotopic (exact) mass is 273 g/mol. The van der Waals surface area contributed by atoms with Gasteiger partial charge in [-0.2, -0.15) is 0 Å². The van der Waals surface area contributed by atoms with Gasteiger partial charge in [0.1, 0.15) is 5.01 Å². The number of benzene rings is 1. The fourth-order valence-corrected chi connectivity index (χ4v) is 3.04. The Morgan fingerprint density at radius 1 is 1.42 bits per heavy atom. The molecule has 0 aliphatic heterocycles. The number of hydrogen-bond acceptors (Lipinski definition) is 4. The third-order valence-corrected chi connectivity index (χ3v) is 4.24. The molecule has 1 heterocycles. The van der Waals surface area contributed by atoms with E-state index in [0.717, 1.165) is 10.7 Å². The van der Waals surface area contributed by atoms with Crippen molar-refractivity contribution in [3.63, 3.8) is 0 Å². The van der Waals surface area contributed by atoms with E-state index in [9.17, 15) is 4.79 Å². The minimum atomic E-state index is -0.243. The summed E-state index contributed by atoms with van der Waals surface area (Å²) in [5.41, 5.74) is 3.39. The first-order chi connectivity index (χ1) is 9.28. The van der Waals surface area contributed by atoms with Crippen LogP contribution < -0.4 is 0 Å². The summed E-state index contributed by atoms with van der Waals surface area (Å²) in [7, 11) is 1.40. The highest BCUT2D eigenvalue weighted by molar-refractivity contribution is 7.13. The van der Waals surface area contributed by atoms with E-state index in [0.29, 0.717) is 5.92 Å². The molecule has 1 aliphatic carbocycles. The van der Waals surface area contributed by atoms with E-state index in [1.54, 1.807) is 11.3 Å². The lowest BCUT2D eigenvalue weighted by molar-refractivity contribution is -0.139. The number of esters is 1. The van der Waals surface area contributed by atoms with Crippen LogP contribution in [-0.4, -0.2) is 18.1 Å². The molecule has 0 spiro atoms. The lowest BCUT2D eigenvalue weighted by atomic mass is 10.0. The first-order valence-electron chi connectivity index (χ1n) is 6.38. The second-order valence-corrected chi connectivity index (χ2v) is 5.62. The van der Waals surface area contributed by atoms with Crippen LogP contribution in [-0.2, 0) is 16.0 Å². The van der Waals surface area contributed by atoms with Gasteiger partial charge < -0.3 is 4.74 Å². The van der Waals surface area contributed by atoms with E-state index < -0.39 is 0 Å². The zero-order valence-corrected chi connectivity index (χ0v) is 11.6. The Labute approximate surface area is 116 Å². The van der Waals surface area contributed by atoms with Crippen molar-refractivity contribution in [3.05, 3.63) is 40.9 Å². The second kappa shape index (κ2) is 5.13. The summed E-state index contributed by atoms with van der Waals surface area (Å²) >= 11 is 1.60. The highest BCUT2D eigenvalue weighted by atomic mass is 32.1. The molecule has 1 aliphatic rings. The van der Waals surface area contributed by atoms with Crippen LogP contribution in [0.15, 0.2) is 29.6 Å². The SMILES string of the molecule is COC(=O)Cc1csc(-c2ccccc2C2CC2)n1. The Morgan fingerprint density at radius 2 is 2.21 bits per heavy atom. The van der Waals surface area contributed by atoms with Crippen molar-refractivity contribution in [2.75, 3.05) is 7.11 Å². The summed E-state index contributed by atoms with van der Waals surface area (Å²) in [6.07, 6.45) is 2.80. The highest BCUT2D eigenvalue weighted by Gasteiger charge is 2.26. The van der Waals surface area contributed by atoms with Crippen LogP contribution in [0, 0.1) is 0 Å². The Hall–Kier alpha value is -1.68. The van der Waals surface area contributed by atoms with E-state index in [-0.39, 0.29) is 12.4 Å². The van der Waals surface area contributed by atoms with E-state index in [1.807, 2.05) is 11.4 Å². The Bertz CT molecular complexity index is 602. The average molecular weight is 273 g/mol. The maximum absolute atomic E-state index is 11.3. The van der Waals surface area contributed by atoms with E-state index >= 15 is 0 Å². The number of carbonyl (C=O) groups is 1. The average Bonchev–Trinajstić information content (AvgIpc) is 3.19. The maximum Gasteiger partial charge on any atom is 0.311 e. The largest absolute Gasteiger partial charge is 0.469 e. The van der Waals surface area contributed by atoms with Crippen molar-refractivity contribution in [2.24, 2.45) is 0 Å². The van der Waals surface area contributed by atoms with E-state index in [2.05, 4.69) is 27.9 Å². The van der Waals surface area contributed by atoms with Gasteiger partial charge in [-0.25, -0.2) is 4.98 Å². The molecule has 0 atom stereocenters. The summed E-state index contributed by atoms with van der Waals surface area (Å²) in [4.78, 5) is 15.8. The second-order valence-electron chi connectivity index (χ2n) is 4.76. The van der Waals surface area contributed by atoms with Crippen LogP contribution >= 0.6 is 11.3 Å². The predicted octanol–water partition coefficient (Wildman–Crippen LogP) is 3.40. The van der Waals surface area contributed by atoms with Crippen molar-refractivity contribution in [3.8, 4) is 10.6 Å². The van der Waals surface area contributed by atoms with Crippen molar-refractivity contribution in [1.82, 2.24) is 4.98 Å². The van der Waals surface area contributed by atoms with Gasteiger partial charge in [0.2, 0.25) is 0 Å². The summed E-state index contributed by atoms with van der Waals surface area (Å²) in [6.45, 7) is 0. The van der Waals surface area contributed by atoms with E-state index in [4.69, 9.17) is 0 Å². The lowest BCUT2D eigenvalue weighted by Crippen LogP contribution is -2.04. The van der Waals surface area contributed by atoms with Gasteiger partial charge in [-0.05, 0) is 24.3 Å². The molecule has 1 saturated carbocycles. The summed E-state index contributed by atoms with van der Waals surface area (Å²) in [5, 5.41) is 2.94. The molecule has 98 valence electrons. The summed E-state index contributed by atoms with van der Waals surface area (Å²) in [6, 6.07) is 8.44. The molecule has 3 rings (SSSR count). The molecule has 1 aromatic carbocycles. The zero-order valence-electron chi connectivity index (χ0n) is 10.8. The van der Waals surface area contributed by atoms with Gasteiger partial charge in [0.25, 0.3) is 0 Å². The molecule has 0 amide bonds. The fraction of sp³-hybridized carbons (Fsp3) is 0.333. The number of rotatable bonds is 4. The number of ether oxygens (including phenoxy) is 1. The van der Waals surface area contributed by atoms with Crippen LogP contribution in [0.5, 0.6) is 0 Å². The van der Waals surface area contributed by atoms with Crippen molar-refractivity contribution in [2.45, 2.75) is 25.2 Å². The van der Waals surface area contributed by atoms with E-state index in [1.165, 1.54) is 31.1 Å². The standard InChI is InChI=1S/C15H15NO2S/c1-18-14(17)8-11-9-19-15(16-11)13-5-3-2-4-12(13)10-6-7-10/h2-5,9-10H,6-8H2,1H3. The van der Waals surface area contributed by atoms with Crippen molar-refractivity contribution >= 4 is 17.3 Å². The topological polar surface area (TPSA) is 39.2 Å². The van der Waals surface area contributed by atoms with Crippen LogP contribution in [0.2, 0.25) is 0 Å². The molecule has 0 N–H and O–H groups in total.